The van der Waals surface area contributed by atoms with Crippen molar-refractivity contribution in [3.8, 4) is 11.8 Å². The van der Waals surface area contributed by atoms with Crippen molar-refractivity contribution in [3.63, 3.8) is 0 Å². The Morgan fingerprint density at radius 1 is 1.45 bits per heavy atom. The van der Waals surface area contributed by atoms with Gasteiger partial charge in [0.25, 0.3) is 0 Å². The van der Waals surface area contributed by atoms with Gasteiger partial charge in [0, 0.05) is 6.07 Å². The third-order valence-electron chi connectivity index (χ3n) is 3.08. The number of ether oxygens (including phenoxy) is 1. The van der Waals surface area contributed by atoms with Crippen LogP contribution in [0.3, 0.4) is 0 Å². The van der Waals surface area contributed by atoms with Gasteiger partial charge in [0.05, 0.1) is 17.7 Å². The van der Waals surface area contributed by atoms with Crippen LogP contribution in [-0.2, 0) is 0 Å². The zero-order chi connectivity index (χ0) is 14.3. The van der Waals surface area contributed by atoms with Gasteiger partial charge >= 0.3 is 5.63 Å². The Morgan fingerprint density at radius 3 is 2.90 bits per heavy atom. The lowest BCUT2D eigenvalue weighted by molar-refractivity contribution is 0.362. The van der Waals surface area contributed by atoms with Crippen molar-refractivity contribution in [2.24, 2.45) is 5.73 Å². The third-order valence-corrected chi connectivity index (χ3v) is 3.08. The van der Waals surface area contributed by atoms with Crippen LogP contribution >= 0.6 is 0 Å². The van der Waals surface area contributed by atoms with Crippen molar-refractivity contribution in [1.82, 2.24) is 0 Å². The fraction of sp³-hybridized carbons (Fsp3) is 0.143. The molecule has 1 atom stereocenters. The predicted molar refractivity (Wildman–Crippen MR) is 67.7 cm³/mol. The maximum atomic E-state index is 12.1. The van der Waals surface area contributed by atoms with E-state index in [0.29, 0.717) is 11.5 Å². The Morgan fingerprint density at radius 2 is 2.25 bits per heavy atom. The molecule has 0 fully saturated rings. The van der Waals surface area contributed by atoms with Gasteiger partial charge in [-0.05, 0) is 19.1 Å². The maximum absolute atomic E-state index is 12.1. The third kappa shape index (κ3) is 1.68. The van der Waals surface area contributed by atoms with E-state index in [9.17, 15) is 10.1 Å². The topological polar surface area (TPSA) is 102 Å². The monoisotopic (exact) mass is 270 g/mol. The molecule has 0 aliphatic carbocycles. The lowest BCUT2D eigenvalue weighted by Gasteiger charge is -2.23. The number of nitriles is 1. The van der Waals surface area contributed by atoms with Crippen LogP contribution in [0.15, 0.2) is 49.5 Å². The summed E-state index contributed by atoms with van der Waals surface area (Å²) in [7, 11) is 0. The minimum atomic E-state index is -0.712. The van der Waals surface area contributed by atoms with Crippen LogP contribution in [0.5, 0.6) is 5.75 Å². The average molecular weight is 270 g/mol. The number of aryl methyl sites for hydroxylation is 1. The Balaban J connectivity index is 2.32. The molecule has 1 aliphatic heterocycles. The molecule has 2 N–H and O–H groups in total. The van der Waals surface area contributed by atoms with Crippen molar-refractivity contribution in [2.75, 3.05) is 0 Å². The highest BCUT2D eigenvalue weighted by molar-refractivity contribution is 5.52. The van der Waals surface area contributed by atoms with Gasteiger partial charge in [-0.15, -0.1) is 0 Å². The summed E-state index contributed by atoms with van der Waals surface area (Å²) in [5.74, 6) is 0.379. The van der Waals surface area contributed by atoms with E-state index in [2.05, 4.69) is 0 Å². The number of furan rings is 1. The largest absolute Gasteiger partial charge is 0.468 e. The Labute approximate surface area is 113 Å². The SMILES string of the molecule is Cc1cc2c(c(=O)o1)C(c1ccco1)C(C#N)=C(N)O2. The van der Waals surface area contributed by atoms with Crippen molar-refractivity contribution >= 4 is 0 Å². The number of fused-ring (bicyclic) bond motifs is 1. The first kappa shape index (κ1) is 12.1. The van der Waals surface area contributed by atoms with Crippen LogP contribution in [0.1, 0.15) is 23.0 Å². The second-order valence-electron chi connectivity index (χ2n) is 4.36. The normalized spacial score (nSPS) is 17.3. The smallest absolute Gasteiger partial charge is 0.344 e. The first-order valence-corrected chi connectivity index (χ1v) is 5.87. The first-order valence-electron chi connectivity index (χ1n) is 5.87. The van der Waals surface area contributed by atoms with E-state index in [-0.39, 0.29) is 22.8 Å². The van der Waals surface area contributed by atoms with Crippen LogP contribution < -0.4 is 16.1 Å². The molecule has 3 rings (SSSR count). The van der Waals surface area contributed by atoms with E-state index in [1.54, 1.807) is 25.1 Å². The molecule has 0 radical (unpaired) electrons. The molecule has 6 nitrogen and oxygen atoms in total. The second kappa shape index (κ2) is 4.31. The molecule has 3 heterocycles. The molecule has 6 heteroatoms. The second-order valence-corrected chi connectivity index (χ2v) is 4.36. The summed E-state index contributed by atoms with van der Waals surface area (Å²) in [5, 5.41) is 9.26. The van der Waals surface area contributed by atoms with Crippen molar-refractivity contribution in [1.29, 1.82) is 5.26 Å². The molecule has 100 valence electrons. The summed E-state index contributed by atoms with van der Waals surface area (Å²) in [6.07, 6.45) is 1.46. The van der Waals surface area contributed by atoms with E-state index < -0.39 is 11.5 Å². The van der Waals surface area contributed by atoms with E-state index in [4.69, 9.17) is 19.3 Å². The van der Waals surface area contributed by atoms with Crippen molar-refractivity contribution in [3.05, 3.63) is 63.4 Å². The summed E-state index contributed by atoms with van der Waals surface area (Å²) in [6, 6.07) is 6.87. The highest BCUT2D eigenvalue weighted by Gasteiger charge is 2.35. The summed E-state index contributed by atoms with van der Waals surface area (Å²) in [6.45, 7) is 1.63. The number of allylic oxidation sites excluding steroid dienone is 1. The van der Waals surface area contributed by atoms with Crippen molar-refractivity contribution < 1.29 is 13.6 Å². The Kier molecular flexibility index (Phi) is 2.61. The molecule has 20 heavy (non-hydrogen) atoms. The Bertz CT molecular complexity index is 794. The Hall–Kier alpha value is -2.94. The number of hydrogen-bond donors (Lipinski definition) is 1. The minimum Gasteiger partial charge on any atom is -0.468 e. The highest BCUT2D eigenvalue weighted by Crippen LogP contribution is 2.40. The zero-order valence-corrected chi connectivity index (χ0v) is 10.5. The van der Waals surface area contributed by atoms with Gasteiger partial charge in [0.15, 0.2) is 0 Å². The van der Waals surface area contributed by atoms with E-state index in [1.807, 2.05) is 6.07 Å². The number of rotatable bonds is 1. The molecule has 2 aromatic heterocycles. The molecule has 0 saturated carbocycles. The van der Waals surface area contributed by atoms with Crippen LogP contribution in [0.4, 0.5) is 0 Å². The average Bonchev–Trinajstić information content (AvgIpc) is 2.90. The molecule has 0 bridgehead atoms. The van der Waals surface area contributed by atoms with Crippen LogP contribution in [0.2, 0.25) is 0 Å². The molecule has 0 spiro atoms. The molecule has 1 unspecified atom stereocenters. The number of hydrogen-bond acceptors (Lipinski definition) is 6. The fourth-order valence-electron chi connectivity index (χ4n) is 2.26. The summed E-state index contributed by atoms with van der Waals surface area (Å²) in [5.41, 5.74) is 5.54. The summed E-state index contributed by atoms with van der Waals surface area (Å²) < 4.78 is 15.8. The summed E-state index contributed by atoms with van der Waals surface area (Å²) >= 11 is 0. The molecule has 2 aromatic rings. The van der Waals surface area contributed by atoms with Gasteiger partial charge in [0.1, 0.15) is 28.9 Å². The van der Waals surface area contributed by atoms with Crippen LogP contribution in [-0.4, -0.2) is 0 Å². The zero-order valence-electron chi connectivity index (χ0n) is 10.5. The van der Waals surface area contributed by atoms with Gasteiger partial charge in [0.2, 0.25) is 5.88 Å². The fourth-order valence-corrected chi connectivity index (χ4v) is 2.26. The summed E-state index contributed by atoms with van der Waals surface area (Å²) in [4.78, 5) is 12.1. The van der Waals surface area contributed by atoms with Gasteiger partial charge < -0.3 is 19.3 Å². The predicted octanol–water partition coefficient (Wildman–Crippen LogP) is 1.76. The van der Waals surface area contributed by atoms with E-state index in [0.717, 1.165) is 0 Å². The standard InChI is InChI=1S/C14H10N2O4/c1-7-5-10-12(14(17)19-7)11(9-3-2-4-18-9)8(6-15)13(16)20-10/h2-5,11H,16H2,1H3. The minimum absolute atomic E-state index is 0.0357. The molecule has 0 saturated heterocycles. The van der Waals surface area contributed by atoms with Gasteiger partial charge in [-0.2, -0.15) is 5.26 Å². The van der Waals surface area contributed by atoms with Gasteiger partial charge in [-0.25, -0.2) is 4.79 Å². The lowest BCUT2D eigenvalue weighted by Crippen LogP contribution is -2.26. The number of nitrogens with zero attached hydrogens (tertiary/aromatic N) is 1. The van der Waals surface area contributed by atoms with E-state index in [1.165, 1.54) is 6.26 Å². The maximum Gasteiger partial charge on any atom is 0.344 e. The van der Waals surface area contributed by atoms with Crippen molar-refractivity contribution in [2.45, 2.75) is 12.8 Å². The van der Waals surface area contributed by atoms with Crippen LogP contribution in [0, 0.1) is 18.3 Å². The highest BCUT2D eigenvalue weighted by atomic mass is 16.5. The quantitative estimate of drug-likeness (QED) is 0.846. The molecular weight excluding hydrogens is 260 g/mol. The number of nitrogens with two attached hydrogens (primary N) is 1. The van der Waals surface area contributed by atoms with Gasteiger partial charge in [-0.3, -0.25) is 0 Å². The lowest BCUT2D eigenvalue weighted by atomic mass is 9.88. The molecular formula is C14H10N2O4. The van der Waals surface area contributed by atoms with E-state index >= 15 is 0 Å². The molecule has 1 aliphatic rings. The van der Waals surface area contributed by atoms with Gasteiger partial charge in [-0.1, -0.05) is 0 Å². The molecule has 0 amide bonds. The van der Waals surface area contributed by atoms with Crippen LogP contribution in [0.25, 0.3) is 0 Å². The first-order chi connectivity index (χ1) is 9.61. The molecule has 0 aromatic carbocycles.